The SMILES string of the molecule is CN(C(=O)c1ccc([N+](=O)[O-])cc1Cl)[C@H]1CCS(=O)(=O)C1. The van der Waals surface area contributed by atoms with Crippen molar-refractivity contribution in [2.24, 2.45) is 0 Å². The lowest BCUT2D eigenvalue weighted by Gasteiger charge is -2.23. The first-order valence-electron chi connectivity index (χ1n) is 6.13. The van der Waals surface area contributed by atoms with Crippen LogP contribution in [0.1, 0.15) is 16.8 Å². The minimum Gasteiger partial charge on any atom is -0.338 e. The maximum atomic E-state index is 12.3. The second kappa shape index (κ2) is 5.61. The zero-order valence-electron chi connectivity index (χ0n) is 11.2. The van der Waals surface area contributed by atoms with Crippen LogP contribution in [0.5, 0.6) is 0 Å². The van der Waals surface area contributed by atoms with Crippen molar-refractivity contribution in [1.82, 2.24) is 4.90 Å². The molecule has 0 aromatic heterocycles. The average Bonchev–Trinajstić information content (AvgIpc) is 2.77. The molecule has 0 saturated carbocycles. The molecule has 1 heterocycles. The molecule has 9 heteroatoms. The molecule has 0 bridgehead atoms. The number of nitro groups is 1. The lowest BCUT2D eigenvalue weighted by atomic mass is 10.1. The minimum absolute atomic E-state index is 0.0260. The smallest absolute Gasteiger partial charge is 0.270 e. The van der Waals surface area contributed by atoms with E-state index in [0.29, 0.717) is 6.42 Å². The summed E-state index contributed by atoms with van der Waals surface area (Å²) in [6, 6.07) is 3.18. The van der Waals surface area contributed by atoms with Gasteiger partial charge in [-0.15, -0.1) is 0 Å². The van der Waals surface area contributed by atoms with E-state index in [1.807, 2.05) is 0 Å². The van der Waals surface area contributed by atoms with E-state index < -0.39 is 26.7 Å². The molecule has 1 aromatic rings. The molecule has 1 aliphatic heterocycles. The molecular formula is C12H13ClN2O5S. The van der Waals surface area contributed by atoms with Crippen LogP contribution in [-0.2, 0) is 9.84 Å². The van der Waals surface area contributed by atoms with Crippen LogP contribution in [0.2, 0.25) is 5.02 Å². The van der Waals surface area contributed by atoms with E-state index in [4.69, 9.17) is 11.6 Å². The van der Waals surface area contributed by atoms with Crippen molar-refractivity contribution in [3.8, 4) is 0 Å². The van der Waals surface area contributed by atoms with Crippen molar-refractivity contribution in [2.75, 3.05) is 18.6 Å². The molecular weight excluding hydrogens is 320 g/mol. The zero-order valence-corrected chi connectivity index (χ0v) is 12.7. The third-order valence-corrected chi connectivity index (χ3v) is 5.53. The van der Waals surface area contributed by atoms with Gasteiger partial charge < -0.3 is 4.90 Å². The monoisotopic (exact) mass is 332 g/mol. The molecule has 114 valence electrons. The molecule has 1 aliphatic rings. The number of non-ortho nitro benzene ring substituents is 1. The van der Waals surface area contributed by atoms with Crippen molar-refractivity contribution in [3.63, 3.8) is 0 Å². The number of carbonyl (C=O) groups excluding carboxylic acids is 1. The molecule has 0 radical (unpaired) electrons. The minimum atomic E-state index is -3.10. The fraction of sp³-hybridized carbons (Fsp3) is 0.417. The topological polar surface area (TPSA) is 97.6 Å². The lowest BCUT2D eigenvalue weighted by Crippen LogP contribution is -2.37. The van der Waals surface area contributed by atoms with Crippen molar-refractivity contribution in [1.29, 1.82) is 0 Å². The molecule has 0 spiro atoms. The van der Waals surface area contributed by atoms with Gasteiger partial charge in [0.2, 0.25) is 0 Å². The maximum absolute atomic E-state index is 12.3. The van der Waals surface area contributed by atoms with Crippen LogP contribution in [0.3, 0.4) is 0 Å². The third-order valence-electron chi connectivity index (χ3n) is 3.47. The van der Waals surface area contributed by atoms with Crippen molar-refractivity contribution < 1.29 is 18.1 Å². The molecule has 2 rings (SSSR count). The van der Waals surface area contributed by atoms with Gasteiger partial charge in [0.25, 0.3) is 11.6 Å². The molecule has 1 atom stereocenters. The highest BCUT2D eigenvalue weighted by Crippen LogP contribution is 2.25. The van der Waals surface area contributed by atoms with Gasteiger partial charge in [0.05, 0.1) is 27.0 Å². The van der Waals surface area contributed by atoms with Crippen LogP contribution < -0.4 is 0 Å². The van der Waals surface area contributed by atoms with E-state index >= 15 is 0 Å². The Kier molecular flexibility index (Phi) is 4.20. The highest BCUT2D eigenvalue weighted by atomic mass is 35.5. The zero-order chi connectivity index (χ0) is 15.8. The van der Waals surface area contributed by atoms with E-state index in [2.05, 4.69) is 0 Å². The van der Waals surface area contributed by atoms with E-state index in [1.165, 1.54) is 24.1 Å². The van der Waals surface area contributed by atoms with E-state index in [9.17, 15) is 23.3 Å². The van der Waals surface area contributed by atoms with Crippen molar-refractivity contribution >= 4 is 33.0 Å². The standard InChI is InChI=1S/C12H13ClN2O5S/c1-14(9-4-5-21(19,20)7-9)12(16)10-3-2-8(15(17)18)6-11(10)13/h2-3,6,9H,4-5,7H2,1H3/t9-/m0/s1. The Bertz CT molecular complexity index is 704. The van der Waals surface area contributed by atoms with Gasteiger partial charge in [-0.2, -0.15) is 0 Å². The van der Waals surface area contributed by atoms with Gasteiger partial charge in [-0.25, -0.2) is 8.42 Å². The molecule has 1 fully saturated rings. The summed E-state index contributed by atoms with van der Waals surface area (Å²) in [4.78, 5) is 23.7. The van der Waals surface area contributed by atoms with E-state index in [1.54, 1.807) is 0 Å². The quantitative estimate of drug-likeness (QED) is 0.617. The first-order chi connectivity index (χ1) is 9.71. The molecule has 1 aromatic carbocycles. The average molecular weight is 333 g/mol. The first-order valence-corrected chi connectivity index (χ1v) is 8.33. The number of nitro benzene ring substituents is 1. The molecule has 1 saturated heterocycles. The fourth-order valence-electron chi connectivity index (χ4n) is 2.23. The Morgan fingerprint density at radius 1 is 1.48 bits per heavy atom. The van der Waals surface area contributed by atoms with Gasteiger partial charge in [0.1, 0.15) is 0 Å². The highest BCUT2D eigenvalue weighted by Gasteiger charge is 2.33. The van der Waals surface area contributed by atoms with Crippen LogP contribution in [0.4, 0.5) is 5.69 Å². The fourth-order valence-corrected chi connectivity index (χ4v) is 4.26. The predicted molar refractivity (Wildman–Crippen MR) is 77.3 cm³/mol. The predicted octanol–water partition coefficient (Wildman–Crippen LogP) is 1.51. The summed E-state index contributed by atoms with van der Waals surface area (Å²) in [7, 11) is -1.59. The molecule has 7 nitrogen and oxygen atoms in total. The summed E-state index contributed by atoms with van der Waals surface area (Å²) in [6.45, 7) is 0. The molecule has 0 N–H and O–H groups in total. The van der Waals surface area contributed by atoms with Gasteiger partial charge in [0, 0.05) is 25.2 Å². The van der Waals surface area contributed by atoms with Crippen molar-refractivity contribution in [2.45, 2.75) is 12.5 Å². The lowest BCUT2D eigenvalue weighted by molar-refractivity contribution is -0.384. The Hall–Kier alpha value is -1.67. The second-order valence-corrected chi connectivity index (χ2v) is 7.53. The molecule has 21 heavy (non-hydrogen) atoms. The van der Waals surface area contributed by atoms with Gasteiger partial charge in [-0.3, -0.25) is 14.9 Å². The molecule has 0 aliphatic carbocycles. The van der Waals surface area contributed by atoms with Crippen molar-refractivity contribution in [3.05, 3.63) is 38.9 Å². The van der Waals surface area contributed by atoms with Crippen LogP contribution in [0, 0.1) is 10.1 Å². The summed E-state index contributed by atoms with van der Waals surface area (Å²) < 4.78 is 22.9. The largest absolute Gasteiger partial charge is 0.338 e. The summed E-state index contributed by atoms with van der Waals surface area (Å²) in [5.41, 5.74) is -0.0864. The van der Waals surface area contributed by atoms with Gasteiger partial charge in [-0.05, 0) is 12.5 Å². The maximum Gasteiger partial charge on any atom is 0.270 e. The van der Waals surface area contributed by atoms with Gasteiger partial charge in [-0.1, -0.05) is 11.6 Å². The highest BCUT2D eigenvalue weighted by molar-refractivity contribution is 7.91. The Labute approximate surface area is 126 Å². The number of hydrogen-bond donors (Lipinski definition) is 0. The Morgan fingerprint density at radius 2 is 2.14 bits per heavy atom. The second-order valence-electron chi connectivity index (χ2n) is 4.89. The number of halogens is 1. The Balaban J connectivity index is 2.22. The van der Waals surface area contributed by atoms with Crippen LogP contribution in [-0.4, -0.2) is 48.7 Å². The van der Waals surface area contributed by atoms with E-state index in [-0.39, 0.29) is 27.8 Å². The first kappa shape index (κ1) is 15.7. The summed E-state index contributed by atoms with van der Waals surface area (Å²) >= 11 is 5.90. The number of benzene rings is 1. The number of hydrogen-bond acceptors (Lipinski definition) is 5. The summed E-state index contributed by atoms with van der Waals surface area (Å²) in [6.07, 6.45) is 0.384. The number of sulfone groups is 1. The summed E-state index contributed by atoms with van der Waals surface area (Å²) in [5.74, 6) is -0.458. The van der Waals surface area contributed by atoms with Crippen LogP contribution in [0.25, 0.3) is 0 Å². The normalized spacial score (nSPS) is 20.2. The number of nitrogens with zero attached hydrogens (tertiary/aromatic N) is 2. The van der Waals surface area contributed by atoms with E-state index in [0.717, 1.165) is 6.07 Å². The van der Waals surface area contributed by atoms with Crippen LogP contribution >= 0.6 is 11.6 Å². The number of rotatable bonds is 3. The Morgan fingerprint density at radius 3 is 2.62 bits per heavy atom. The molecule has 1 amide bonds. The van der Waals surface area contributed by atoms with Gasteiger partial charge >= 0.3 is 0 Å². The van der Waals surface area contributed by atoms with Crippen LogP contribution in [0.15, 0.2) is 18.2 Å². The third kappa shape index (κ3) is 3.33. The molecule has 0 unspecified atom stereocenters. The summed E-state index contributed by atoms with van der Waals surface area (Å²) in [5, 5.41) is 10.6. The number of amides is 1. The number of carbonyl (C=O) groups is 1. The van der Waals surface area contributed by atoms with Gasteiger partial charge in [0.15, 0.2) is 9.84 Å².